The van der Waals surface area contributed by atoms with E-state index in [0.29, 0.717) is 5.13 Å². The van der Waals surface area contributed by atoms with Gasteiger partial charge in [0.05, 0.1) is 12.1 Å². The van der Waals surface area contributed by atoms with Crippen LogP contribution in [-0.2, 0) is 22.6 Å². The second kappa shape index (κ2) is 10.5. The predicted molar refractivity (Wildman–Crippen MR) is 117 cm³/mol. The Balaban J connectivity index is 1.54. The highest BCUT2D eigenvalue weighted by atomic mass is 32.1. The van der Waals surface area contributed by atoms with Crippen molar-refractivity contribution in [3.05, 3.63) is 47.0 Å². The van der Waals surface area contributed by atoms with Gasteiger partial charge in [0.25, 0.3) is 0 Å². The van der Waals surface area contributed by atoms with Crippen LogP contribution in [0.5, 0.6) is 0 Å². The summed E-state index contributed by atoms with van der Waals surface area (Å²) in [6.45, 7) is 6.91. The Bertz CT molecular complexity index is 800. The highest BCUT2D eigenvalue weighted by molar-refractivity contribution is 7.13. The van der Waals surface area contributed by atoms with Crippen LogP contribution in [0.2, 0.25) is 0 Å². The number of aromatic nitrogens is 1. The third-order valence-corrected chi connectivity index (χ3v) is 5.90. The molecule has 0 bridgehead atoms. The summed E-state index contributed by atoms with van der Waals surface area (Å²) in [5.74, 6) is -0.405. The largest absolute Gasteiger partial charge is 0.344 e. The molecule has 156 valence electrons. The molecule has 1 aromatic heterocycles. The Morgan fingerprint density at radius 1 is 1.14 bits per heavy atom. The van der Waals surface area contributed by atoms with Gasteiger partial charge in [0.1, 0.15) is 6.04 Å². The minimum Gasteiger partial charge on any atom is -0.344 e. The van der Waals surface area contributed by atoms with Crippen LogP contribution in [0.1, 0.15) is 44.4 Å². The summed E-state index contributed by atoms with van der Waals surface area (Å²) in [6.07, 6.45) is 4.05. The number of likely N-dealkylation sites (tertiary alicyclic amines) is 1. The molecule has 7 heteroatoms. The van der Waals surface area contributed by atoms with E-state index >= 15 is 0 Å². The first-order valence-corrected chi connectivity index (χ1v) is 11.2. The lowest BCUT2D eigenvalue weighted by molar-refractivity contribution is -0.127. The average molecular weight is 415 g/mol. The quantitative estimate of drug-likeness (QED) is 0.694. The van der Waals surface area contributed by atoms with Gasteiger partial charge >= 0.3 is 0 Å². The van der Waals surface area contributed by atoms with Crippen LogP contribution in [0, 0.1) is 5.92 Å². The zero-order valence-electron chi connectivity index (χ0n) is 17.2. The van der Waals surface area contributed by atoms with Crippen LogP contribution < -0.4 is 10.6 Å². The minimum absolute atomic E-state index is 0.0255. The molecule has 1 saturated heterocycles. The molecule has 1 atom stereocenters. The summed E-state index contributed by atoms with van der Waals surface area (Å²) in [6, 6.07) is 8.94. The SMILES string of the molecule is CC(C)C(NC(=O)Cc1ccccc1)C(=O)Nc1nc(CN2CCCCC2)cs1. The van der Waals surface area contributed by atoms with E-state index in [0.717, 1.165) is 30.9 Å². The van der Waals surface area contributed by atoms with Crippen LogP contribution in [0.4, 0.5) is 5.13 Å². The number of carbonyl (C=O) groups excluding carboxylic acids is 2. The van der Waals surface area contributed by atoms with E-state index in [2.05, 4.69) is 20.5 Å². The molecule has 1 aromatic carbocycles. The second-order valence-electron chi connectivity index (χ2n) is 7.92. The maximum absolute atomic E-state index is 12.8. The van der Waals surface area contributed by atoms with E-state index in [1.54, 1.807) is 0 Å². The summed E-state index contributed by atoms with van der Waals surface area (Å²) >= 11 is 1.43. The van der Waals surface area contributed by atoms with Gasteiger partial charge < -0.3 is 10.6 Å². The lowest BCUT2D eigenvalue weighted by Gasteiger charge is -2.25. The zero-order valence-corrected chi connectivity index (χ0v) is 18.0. The number of piperidine rings is 1. The Hall–Kier alpha value is -2.25. The monoisotopic (exact) mass is 414 g/mol. The molecule has 1 unspecified atom stereocenters. The van der Waals surface area contributed by atoms with Crippen molar-refractivity contribution in [2.24, 2.45) is 5.92 Å². The minimum atomic E-state index is -0.597. The fourth-order valence-corrected chi connectivity index (χ4v) is 4.21. The van der Waals surface area contributed by atoms with Crippen LogP contribution >= 0.6 is 11.3 Å². The lowest BCUT2D eigenvalue weighted by Crippen LogP contribution is -2.47. The molecule has 2 N–H and O–H groups in total. The number of anilines is 1. The molecule has 2 amide bonds. The number of benzene rings is 1. The van der Waals surface area contributed by atoms with Crippen LogP contribution in [0.3, 0.4) is 0 Å². The number of hydrogen-bond acceptors (Lipinski definition) is 5. The molecule has 1 aliphatic heterocycles. The van der Waals surface area contributed by atoms with Gasteiger partial charge in [-0.15, -0.1) is 11.3 Å². The van der Waals surface area contributed by atoms with Crippen molar-refractivity contribution in [2.75, 3.05) is 18.4 Å². The van der Waals surface area contributed by atoms with Crippen molar-refractivity contribution in [1.82, 2.24) is 15.2 Å². The van der Waals surface area contributed by atoms with E-state index < -0.39 is 6.04 Å². The lowest BCUT2D eigenvalue weighted by atomic mass is 10.0. The number of nitrogens with one attached hydrogen (secondary N) is 2. The number of rotatable bonds is 8. The van der Waals surface area contributed by atoms with Gasteiger partial charge in [0, 0.05) is 11.9 Å². The smallest absolute Gasteiger partial charge is 0.248 e. The van der Waals surface area contributed by atoms with Crippen molar-refractivity contribution in [3.63, 3.8) is 0 Å². The van der Waals surface area contributed by atoms with E-state index in [9.17, 15) is 9.59 Å². The van der Waals surface area contributed by atoms with Crippen molar-refractivity contribution in [1.29, 1.82) is 0 Å². The molecule has 0 spiro atoms. The molecule has 1 aliphatic rings. The van der Waals surface area contributed by atoms with Gasteiger partial charge in [-0.2, -0.15) is 0 Å². The van der Waals surface area contributed by atoms with E-state index in [-0.39, 0.29) is 24.2 Å². The van der Waals surface area contributed by atoms with Crippen molar-refractivity contribution < 1.29 is 9.59 Å². The summed E-state index contributed by atoms with van der Waals surface area (Å²) in [5.41, 5.74) is 1.91. The van der Waals surface area contributed by atoms with Gasteiger partial charge in [-0.05, 0) is 37.4 Å². The van der Waals surface area contributed by atoms with Crippen LogP contribution in [0.25, 0.3) is 0 Å². The fraction of sp³-hybridized carbons (Fsp3) is 0.500. The molecular formula is C22H30N4O2S. The van der Waals surface area contributed by atoms with Crippen molar-refractivity contribution in [2.45, 2.75) is 52.1 Å². The van der Waals surface area contributed by atoms with Gasteiger partial charge in [-0.3, -0.25) is 14.5 Å². The third-order valence-electron chi connectivity index (χ3n) is 5.09. The van der Waals surface area contributed by atoms with Gasteiger partial charge in [0.15, 0.2) is 5.13 Å². The van der Waals surface area contributed by atoms with Gasteiger partial charge in [0.2, 0.25) is 11.8 Å². The van der Waals surface area contributed by atoms with Crippen LogP contribution in [-0.4, -0.2) is 40.8 Å². The van der Waals surface area contributed by atoms with Crippen LogP contribution in [0.15, 0.2) is 35.7 Å². The standard InChI is InChI=1S/C22H30N4O2S/c1-16(2)20(24-19(27)13-17-9-5-3-6-10-17)21(28)25-22-23-18(15-29-22)14-26-11-7-4-8-12-26/h3,5-6,9-10,15-16,20H,4,7-8,11-14H2,1-2H3,(H,24,27)(H,23,25,28). The Morgan fingerprint density at radius 2 is 1.86 bits per heavy atom. The first kappa shape index (κ1) is 21.5. The average Bonchev–Trinajstić information content (AvgIpc) is 3.14. The number of nitrogens with zero attached hydrogens (tertiary/aromatic N) is 2. The molecule has 2 aromatic rings. The topological polar surface area (TPSA) is 74.3 Å². The Morgan fingerprint density at radius 3 is 2.55 bits per heavy atom. The fourth-order valence-electron chi connectivity index (χ4n) is 3.51. The summed E-state index contributed by atoms with van der Waals surface area (Å²) in [5, 5.41) is 8.35. The van der Waals surface area contributed by atoms with Crippen molar-refractivity contribution in [3.8, 4) is 0 Å². The number of hydrogen-bond donors (Lipinski definition) is 2. The first-order chi connectivity index (χ1) is 14.0. The molecular weight excluding hydrogens is 384 g/mol. The molecule has 3 rings (SSSR count). The second-order valence-corrected chi connectivity index (χ2v) is 8.78. The summed E-state index contributed by atoms with van der Waals surface area (Å²) in [4.78, 5) is 32.1. The third kappa shape index (κ3) is 6.65. The van der Waals surface area contributed by atoms with Crippen molar-refractivity contribution >= 4 is 28.3 Å². The van der Waals surface area contributed by atoms with E-state index in [1.807, 2.05) is 49.6 Å². The molecule has 2 heterocycles. The molecule has 0 radical (unpaired) electrons. The number of thiazole rings is 1. The highest BCUT2D eigenvalue weighted by Crippen LogP contribution is 2.19. The molecule has 29 heavy (non-hydrogen) atoms. The first-order valence-electron chi connectivity index (χ1n) is 10.3. The maximum atomic E-state index is 12.8. The maximum Gasteiger partial charge on any atom is 0.248 e. The Kier molecular flexibility index (Phi) is 7.77. The van der Waals surface area contributed by atoms with Gasteiger partial charge in [-0.1, -0.05) is 50.6 Å². The Labute approximate surface area is 176 Å². The zero-order chi connectivity index (χ0) is 20.6. The molecule has 6 nitrogen and oxygen atoms in total. The van der Waals surface area contributed by atoms with E-state index in [4.69, 9.17) is 0 Å². The highest BCUT2D eigenvalue weighted by Gasteiger charge is 2.25. The molecule has 0 saturated carbocycles. The normalized spacial score (nSPS) is 15.8. The van der Waals surface area contributed by atoms with Gasteiger partial charge in [-0.25, -0.2) is 4.98 Å². The summed E-state index contributed by atoms with van der Waals surface area (Å²) in [7, 11) is 0. The molecule has 1 fully saturated rings. The number of amides is 2. The predicted octanol–water partition coefficient (Wildman–Crippen LogP) is 3.45. The number of carbonyl (C=O) groups is 2. The molecule has 0 aliphatic carbocycles. The summed E-state index contributed by atoms with van der Waals surface area (Å²) < 4.78 is 0. The van der Waals surface area contributed by atoms with E-state index in [1.165, 1.54) is 30.6 Å².